The number of nitrogens with zero attached hydrogens (tertiary/aromatic N) is 4. The Morgan fingerprint density at radius 1 is 0.500 bits per heavy atom. The van der Waals surface area contributed by atoms with Crippen molar-refractivity contribution in [3.05, 3.63) is 175 Å². The fourth-order valence-electron chi connectivity index (χ4n) is 7.32. The third kappa shape index (κ3) is 4.07. The van der Waals surface area contributed by atoms with Crippen molar-refractivity contribution in [1.82, 2.24) is 9.13 Å². The van der Waals surface area contributed by atoms with Gasteiger partial charge in [-0.2, -0.15) is 5.26 Å². The molecule has 0 unspecified atom stereocenters. The summed E-state index contributed by atoms with van der Waals surface area (Å²) >= 11 is 0. The number of hydrogen-bond acceptors (Lipinski definition) is 1. The fraction of sp³-hybridized carbons (Fsp3) is 0. The third-order valence-electron chi connectivity index (χ3n) is 9.39. The summed E-state index contributed by atoms with van der Waals surface area (Å²) in [5.74, 6) is 0. The normalized spacial score (nSPS) is 11.3. The van der Waals surface area contributed by atoms with Crippen LogP contribution in [0.2, 0.25) is 0 Å². The van der Waals surface area contributed by atoms with E-state index in [1.807, 2.05) is 36.4 Å². The zero-order chi connectivity index (χ0) is 32.2. The number of fused-ring (bicyclic) bond motifs is 6. The summed E-state index contributed by atoms with van der Waals surface area (Å²) in [5.41, 5.74) is 11.3. The van der Waals surface area contributed by atoms with Crippen molar-refractivity contribution in [2.45, 2.75) is 0 Å². The maximum Gasteiger partial charge on any atom is 0.211 e. The molecule has 0 aliphatic carbocycles. The molecule has 0 aliphatic rings. The van der Waals surface area contributed by atoms with Gasteiger partial charge in [-0.15, -0.1) is 0 Å². The van der Waals surface area contributed by atoms with Gasteiger partial charge in [-0.3, -0.25) is 0 Å². The Kier molecular flexibility index (Phi) is 6.22. The topological polar surface area (TPSA) is 38.0 Å². The van der Waals surface area contributed by atoms with E-state index in [1.54, 1.807) is 0 Å². The van der Waals surface area contributed by atoms with Crippen molar-refractivity contribution in [2.24, 2.45) is 0 Å². The second-order valence-corrected chi connectivity index (χ2v) is 11.9. The minimum Gasteiger partial charge on any atom is -0.319 e. The zero-order valence-electron chi connectivity index (χ0n) is 25.8. The van der Waals surface area contributed by atoms with Crippen LogP contribution in [0.1, 0.15) is 5.56 Å². The second-order valence-electron chi connectivity index (χ2n) is 11.9. The van der Waals surface area contributed by atoms with Crippen molar-refractivity contribution in [3.63, 3.8) is 0 Å². The van der Waals surface area contributed by atoms with E-state index in [1.165, 1.54) is 10.8 Å². The van der Waals surface area contributed by atoms with Gasteiger partial charge >= 0.3 is 0 Å². The lowest BCUT2D eigenvalue weighted by Crippen LogP contribution is -1.97. The fourth-order valence-corrected chi connectivity index (χ4v) is 7.32. The van der Waals surface area contributed by atoms with Crippen LogP contribution >= 0.6 is 0 Å². The lowest BCUT2D eigenvalue weighted by molar-refractivity contribution is 1.18. The first-order valence-corrected chi connectivity index (χ1v) is 15.9. The van der Waals surface area contributed by atoms with E-state index in [9.17, 15) is 5.26 Å². The molecule has 0 spiro atoms. The molecule has 222 valence electrons. The maximum absolute atomic E-state index is 10.5. The summed E-state index contributed by atoms with van der Waals surface area (Å²) in [5, 5.41) is 15.0. The highest BCUT2D eigenvalue weighted by molar-refractivity contribution is 6.13. The van der Waals surface area contributed by atoms with Crippen molar-refractivity contribution < 1.29 is 0 Å². The van der Waals surface area contributed by atoms with Gasteiger partial charge in [0, 0.05) is 27.4 Å². The Morgan fingerprint density at radius 3 is 1.75 bits per heavy atom. The van der Waals surface area contributed by atoms with Crippen LogP contribution in [0.3, 0.4) is 0 Å². The van der Waals surface area contributed by atoms with E-state index >= 15 is 0 Å². The van der Waals surface area contributed by atoms with E-state index in [0.29, 0.717) is 11.3 Å². The minimum absolute atomic E-state index is 0.576. The first-order valence-electron chi connectivity index (χ1n) is 15.9. The Labute approximate surface area is 277 Å². The first-order chi connectivity index (χ1) is 23.7. The summed E-state index contributed by atoms with van der Waals surface area (Å²) in [6, 6.07) is 56.6. The molecule has 9 aromatic rings. The van der Waals surface area contributed by atoms with Gasteiger partial charge in [-0.25, -0.2) is 4.85 Å². The van der Waals surface area contributed by atoms with Gasteiger partial charge in [0.1, 0.15) is 0 Å². The molecular formula is C44H26N4. The van der Waals surface area contributed by atoms with Gasteiger partial charge in [0.25, 0.3) is 0 Å². The van der Waals surface area contributed by atoms with Crippen LogP contribution in [-0.2, 0) is 0 Å². The maximum atomic E-state index is 10.5. The van der Waals surface area contributed by atoms with Crippen LogP contribution in [-0.4, -0.2) is 9.13 Å². The van der Waals surface area contributed by atoms with E-state index in [0.717, 1.165) is 66.5 Å². The highest BCUT2D eigenvalue weighted by Crippen LogP contribution is 2.40. The molecule has 0 bridgehead atoms. The molecule has 7 aromatic carbocycles. The van der Waals surface area contributed by atoms with Crippen molar-refractivity contribution in [2.75, 3.05) is 0 Å². The predicted molar refractivity (Wildman–Crippen MR) is 197 cm³/mol. The molecule has 0 N–H and O–H groups in total. The highest BCUT2D eigenvalue weighted by atomic mass is 15.0. The minimum atomic E-state index is 0.576. The number of para-hydroxylation sites is 5. The average Bonchev–Trinajstić information content (AvgIpc) is 3.68. The van der Waals surface area contributed by atoms with Crippen LogP contribution in [0.5, 0.6) is 0 Å². The molecule has 0 atom stereocenters. The molecule has 0 aliphatic heterocycles. The average molecular weight is 611 g/mol. The van der Waals surface area contributed by atoms with Gasteiger partial charge in [-0.1, -0.05) is 115 Å². The van der Waals surface area contributed by atoms with Gasteiger partial charge in [0.2, 0.25) is 5.69 Å². The molecule has 4 nitrogen and oxygen atoms in total. The molecule has 0 fully saturated rings. The molecule has 9 rings (SSSR count). The quantitative estimate of drug-likeness (QED) is 0.183. The van der Waals surface area contributed by atoms with Crippen molar-refractivity contribution >= 4 is 49.3 Å². The first kappa shape index (κ1) is 27.4. The Hall–Kier alpha value is -6.88. The Balaban J connectivity index is 1.20. The number of aromatic nitrogens is 2. The summed E-state index contributed by atoms with van der Waals surface area (Å²) in [7, 11) is 0. The van der Waals surface area contributed by atoms with E-state index < -0.39 is 0 Å². The van der Waals surface area contributed by atoms with Gasteiger partial charge in [0.05, 0.1) is 46.0 Å². The van der Waals surface area contributed by atoms with Gasteiger partial charge in [-0.05, 0) is 64.5 Å². The van der Waals surface area contributed by atoms with Crippen molar-refractivity contribution in [3.8, 4) is 39.7 Å². The van der Waals surface area contributed by atoms with E-state index in [2.05, 4.69) is 141 Å². The number of hydrogen-bond donors (Lipinski definition) is 0. The highest BCUT2D eigenvalue weighted by Gasteiger charge is 2.18. The smallest absolute Gasteiger partial charge is 0.211 e. The largest absolute Gasteiger partial charge is 0.319 e. The SMILES string of the molecule is [C-]#[N+]c1cccc2c3ccccc3n(-c3ccc(-c4cccc(-c5ccccc5-n5c6ccccc6c6ccccc65)c4)c(C#N)c3)c12. The Morgan fingerprint density at radius 2 is 1.06 bits per heavy atom. The Bertz CT molecular complexity index is 2760. The van der Waals surface area contributed by atoms with Gasteiger partial charge < -0.3 is 9.13 Å². The van der Waals surface area contributed by atoms with Gasteiger partial charge in [0.15, 0.2) is 0 Å². The van der Waals surface area contributed by atoms with Crippen LogP contribution in [0.4, 0.5) is 5.69 Å². The molecule has 4 heteroatoms. The molecular weight excluding hydrogens is 585 g/mol. The predicted octanol–water partition coefficient (Wildman–Crippen LogP) is 11.6. The molecule has 0 radical (unpaired) electrons. The number of benzene rings is 7. The molecule has 0 saturated carbocycles. The number of nitriles is 1. The van der Waals surface area contributed by atoms with E-state index in [-0.39, 0.29) is 0 Å². The summed E-state index contributed by atoms with van der Waals surface area (Å²) < 4.78 is 4.46. The molecule has 48 heavy (non-hydrogen) atoms. The summed E-state index contributed by atoms with van der Waals surface area (Å²) in [6.07, 6.45) is 0. The van der Waals surface area contributed by atoms with Crippen molar-refractivity contribution in [1.29, 1.82) is 5.26 Å². The van der Waals surface area contributed by atoms with Crippen LogP contribution in [0, 0.1) is 17.9 Å². The molecule has 2 aromatic heterocycles. The lowest BCUT2D eigenvalue weighted by atomic mass is 9.95. The van der Waals surface area contributed by atoms with Crippen LogP contribution in [0.25, 0.3) is 82.1 Å². The summed E-state index contributed by atoms with van der Waals surface area (Å²) in [6.45, 7) is 7.87. The standard InChI is InChI=1S/C44H26N4/c1-46-39-19-11-18-38-37-17-5-7-21-41(37)47(44(38)39)32-24-25-33(31(27-32)28-45)29-12-10-13-30(26-29)34-14-2-6-20-40(34)48-42-22-8-3-15-35(42)36-16-4-9-23-43(36)48/h2-27H. The second kappa shape index (κ2) is 10.9. The zero-order valence-corrected chi connectivity index (χ0v) is 25.8. The molecule has 0 amide bonds. The van der Waals surface area contributed by atoms with Crippen LogP contribution in [0.15, 0.2) is 158 Å². The third-order valence-corrected chi connectivity index (χ3v) is 9.39. The van der Waals surface area contributed by atoms with E-state index in [4.69, 9.17) is 6.57 Å². The number of rotatable bonds is 4. The molecule has 2 heterocycles. The molecule has 0 saturated heterocycles. The lowest BCUT2D eigenvalue weighted by Gasteiger charge is -2.15. The monoisotopic (exact) mass is 610 g/mol. The summed E-state index contributed by atoms with van der Waals surface area (Å²) in [4.78, 5) is 3.85. The van der Waals surface area contributed by atoms with Crippen LogP contribution < -0.4 is 0 Å².